The van der Waals surface area contributed by atoms with Gasteiger partial charge >= 0.3 is 0 Å². The maximum atomic E-state index is 9.67. The Bertz CT molecular complexity index is 417. The summed E-state index contributed by atoms with van der Waals surface area (Å²) in [5, 5.41) is 19.1. The highest BCUT2D eigenvalue weighted by Gasteiger charge is 2.15. The summed E-state index contributed by atoms with van der Waals surface area (Å²) in [6, 6.07) is 4.48. The third kappa shape index (κ3) is 3.26. The summed E-state index contributed by atoms with van der Waals surface area (Å²) < 4.78 is 0.769. The predicted octanol–water partition coefficient (Wildman–Crippen LogP) is 2.96. The van der Waals surface area contributed by atoms with Crippen molar-refractivity contribution < 1.29 is 10.2 Å². The summed E-state index contributed by atoms with van der Waals surface area (Å²) >= 11 is 6.69. The second-order valence-electron chi connectivity index (χ2n) is 4.07. The maximum absolute atomic E-state index is 9.67. The number of rotatable bonds is 1. The van der Waals surface area contributed by atoms with Gasteiger partial charge in [-0.2, -0.15) is 0 Å². The van der Waals surface area contributed by atoms with Crippen LogP contribution < -0.4 is 0 Å². The Kier molecular flexibility index (Phi) is 4.12. The number of thioether (sulfide) groups is 1. The highest BCUT2D eigenvalue weighted by atomic mass is 32.2. The first-order valence-electron chi connectivity index (χ1n) is 5.65. The molecule has 0 radical (unpaired) electrons. The van der Waals surface area contributed by atoms with Gasteiger partial charge in [-0.25, -0.2) is 0 Å². The number of hydrogen-bond acceptors (Lipinski definition) is 4. The number of aromatic hydroxyl groups is 2. The van der Waals surface area contributed by atoms with Crippen LogP contribution in [-0.2, 0) is 0 Å². The van der Waals surface area contributed by atoms with Crippen LogP contribution in [0.5, 0.6) is 11.5 Å². The molecule has 17 heavy (non-hydrogen) atoms. The van der Waals surface area contributed by atoms with Gasteiger partial charge in [0.15, 0.2) is 0 Å². The van der Waals surface area contributed by atoms with E-state index in [1.54, 1.807) is 0 Å². The van der Waals surface area contributed by atoms with Crippen molar-refractivity contribution in [1.29, 1.82) is 0 Å². The van der Waals surface area contributed by atoms with E-state index >= 15 is 0 Å². The van der Waals surface area contributed by atoms with Gasteiger partial charge in [-0.3, -0.25) is 0 Å². The Morgan fingerprint density at radius 3 is 2.59 bits per heavy atom. The molecule has 92 valence electrons. The van der Waals surface area contributed by atoms with E-state index in [4.69, 9.17) is 12.2 Å². The third-order valence-electron chi connectivity index (χ3n) is 2.75. The second-order valence-corrected chi connectivity index (χ2v) is 5.74. The SMILES string of the molecule is Oc1ccc(O)c(SC(=S)N2CCCCC2)c1. The zero-order valence-electron chi connectivity index (χ0n) is 9.43. The third-order valence-corrected chi connectivity index (χ3v) is 4.24. The van der Waals surface area contributed by atoms with Gasteiger partial charge in [-0.15, -0.1) is 0 Å². The molecule has 0 atom stereocenters. The number of nitrogens with zero attached hydrogens (tertiary/aromatic N) is 1. The maximum Gasteiger partial charge on any atom is 0.141 e. The fourth-order valence-electron chi connectivity index (χ4n) is 1.82. The fraction of sp³-hybridized carbons (Fsp3) is 0.417. The standard InChI is InChI=1S/C12H15NO2S2/c14-9-4-5-10(15)11(8-9)17-12(16)13-6-2-1-3-7-13/h4-5,8,14-15H,1-3,6-7H2. The average Bonchev–Trinajstić information content (AvgIpc) is 2.35. The number of phenolic OH excluding ortho intramolecular Hbond substituents is 2. The molecule has 1 aliphatic rings. The minimum atomic E-state index is 0.145. The molecule has 3 nitrogen and oxygen atoms in total. The molecule has 0 unspecified atom stereocenters. The van der Waals surface area contributed by atoms with E-state index < -0.39 is 0 Å². The van der Waals surface area contributed by atoms with Gasteiger partial charge in [0.25, 0.3) is 0 Å². The molecule has 0 bridgehead atoms. The predicted molar refractivity (Wildman–Crippen MR) is 73.7 cm³/mol. The summed E-state index contributed by atoms with van der Waals surface area (Å²) in [6.07, 6.45) is 3.61. The highest BCUT2D eigenvalue weighted by molar-refractivity contribution is 8.23. The van der Waals surface area contributed by atoms with Crippen LogP contribution >= 0.6 is 24.0 Å². The molecule has 0 spiro atoms. The highest BCUT2D eigenvalue weighted by Crippen LogP contribution is 2.33. The molecule has 1 aliphatic heterocycles. The molecule has 2 rings (SSSR count). The lowest BCUT2D eigenvalue weighted by Gasteiger charge is -2.28. The summed E-state index contributed by atoms with van der Waals surface area (Å²) in [5.41, 5.74) is 0. The van der Waals surface area contributed by atoms with Gasteiger partial charge in [0.2, 0.25) is 0 Å². The van der Waals surface area contributed by atoms with Crippen molar-refractivity contribution in [2.24, 2.45) is 0 Å². The number of piperidine rings is 1. The Morgan fingerprint density at radius 1 is 1.18 bits per heavy atom. The Hall–Kier alpha value is -0.940. The lowest BCUT2D eigenvalue weighted by atomic mass is 10.1. The first-order valence-corrected chi connectivity index (χ1v) is 6.88. The van der Waals surface area contributed by atoms with Crippen LogP contribution in [0, 0.1) is 0 Å². The summed E-state index contributed by atoms with van der Waals surface area (Å²) in [6.45, 7) is 1.98. The quantitative estimate of drug-likeness (QED) is 0.466. The minimum Gasteiger partial charge on any atom is -0.508 e. The molecule has 0 aliphatic carbocycles. The van der Waals surface area contributed by atoms with Crippen LogP contribution in [-0.4, -0.2) is 32.5 Å². The normalized spacial score (nSPS) is 15.9. The van der Waals surface area contributed by atoms with Crippen LogP contribution in [0.15, 0.2) is 23.1 Å². The summed E-state index contributed by atoms with van der Waals surface area (Å²) in [5.74, 6) is 0.305. The number of phenols is 2. The fourth-order valence-corrected chi connectivity index (χ4v) is 3.12. The van der Waals surface area contributed by atoms with Crippen molar-refractivity contribution in [3.8, 4) is 11.5 Å². The van der Waals surface area contributed by atoms with Crippen LogP contribution in [0.2, 0.25) is 0 Å². The Balaban J connectivity index is 2.04. The van der Waals surface area contributed by atoms with Gasteiger partial charge in [-0.1, -0.05) is 24.0 Å². The molecule has 0 aromatic heterocycles. The molecular formula is C12H15NO2S2. The van der Waals surface area contributed by atoms with E-state index in [-0.39, 0.29) is 11.5 Å². The molecule has 0 amide bonds. The second kappa shape index (κ2) is 5.60. The molecule has 2 N–H and O–H groups in total. The van der Waals surface area contributed by atoms with E-state index in [0.29, 0.717) is 4.90 Å². The zero-order valence-corrected chi connectivity index (χ0v) is 11.1. The molecule has 1 aromatic carbocycles. The van der Waals surface area contributed by atoms with Crippen molar-refractivity contribution in [3.05, 3.63) is 18.2 Å². The number of benzene rings is 1. The van der Waals surface area contributed by atoms with Crippen molar-refractivity contribution in [2.75, 3.05) is 13.1 Å². The van der Waals surface area contributed by atoms with Crippen molar-refractivity contribution >= 4 is 28.3 Å². The molecule has 5 heteroatoms. The molecule has 1 heterocycles. The van der Waals surface area contributed by atoms with Gasteiger partial charge in [-0.05, 0) is 37.5 Å². The molecule has 1 saturated heterocycles. The van der Waals surface area contributed by atoms with Crippen LogP contribution in [0.3, 0.4) is 0 Å². The first-order chi connectivity index (χ1) is 8.16. The van der Waals surface area contributed by atoms with E-state index in [0.717, 1.165) is 17.4 Å². The monoisotopic (exact) mass is 269 g/mol. The van der Waals surface area contributed by atoms with Crippen molar-refractivity contribution in [1.82, 2.24) is 4.90 Å². The largest absolute Gasteiger partial charge is 0.508 e. The number of hydrogen-bond donors (Lipinski definition) is 2. The zero-order chi connectivity index (χ0) is 12.3. The summed E-state index contributed by atoms with van der Waals surface area (Å²) in [4.78, 5) is 2.77. The van der Waals surface area contributed by atoms with Gasteiger partial charge < -0.3 is 15.1 Å². The Labute approximate surface area is 110 Å². The first kappa shape index (κ1) is 12.5. The van der Waals surface area contributed by atoms with E-state index in [1.807, 2.05) is 0 Å². The van der Waals surface area contributed by atoms with Crippen LogP contribution in [0.1, 0.15) is 19.3 Å². The number of likely N-dealkylation sites (tertiary alicyclic amines) is 1. The van der Waals surface area contributed by atoms with Crippen molar-refractivity contribution in [2.45, 2.75) is 24.2 Å². The Morgan fingerprint density at radius 2 is 1.88 bits per heavy atom. The molecule has 1 aromatic rings. The van der Waals surface area contributed by atoms with E-state index in [2.05, 4.69) is 4.90 Å². The minimum absolute atomic E-state index is 0.145. The van der Waals surface area contributed by atoms with Crippen molar-refractivity contribution in [3.63, 3.8) is 0 Å². The van der Waals surface area contributed by atoms with E-state index in [9.17, 15) is 10.2 Å². The van der Waals surface area contributed by atoms with Gasteiger partial charge in [0, 0.05) is 13.1 Å². The topological polar surface area (TPSA) is 43.7 Å². The van der Waals surface area contributed by atoms with Gasteiger partial charge in [0.1, 0.15) is 15.8 Å². The molecule has 0 saturated carbocycles. The molecular weight excluding hydrogens is 254 g/mol. The smallest absolute Gasteiger partial charge is 0.141 e. The lowest BCUT2D eigenvalue weighted by molar-refractivity contribution is 0.352. The van der Waals surface area contributed by atoms with Crippen LogP contribution in [0.25, 0.3) is 0 Å². The lowest BCUT2D eigenvalue weighted by Crippen LogP contribution is -2.32. The number of thiocarbonyl (C=S) groups is 1. The average molecular weight is 269 g/mol. The van der Waals surface area contributed by atoms with E-state index in [1.165, 1.54) is 49.2 Å². The van der Waals surface area contributed by atoms with Crippen LogP contribution in [0.4, 0.5) is 0 Å². The van der Waals surface area contributed by atoms with Gasteiger partial charge in [0.05, 0.1) is 4.90 Å². The summed E-state index contributed by atoms with van der Waals surface area (Å²) in [7, 11) is 0. The molecule has 1 fully saturated rings.